The van der Waals surface area contributed by atoms with Crippen LogP contribution in [0.3, 0.4) is 0 Å². The van der Waals surface area contributed by atoms with Gasteiger partial charge in [-0.25, -0.2) is 4.98 Å². The molecule has 1 saturated heterocycles. The van der Waals surface area contributed by atoms with Gasteiger partial charge in [0.1, 0.15) is 6.04 Å². The Labute approximate surface area is 177 Å². The van der Waals surface area contributed by atoms with Gasteiger partial charge in [0, 0.05) is 19.4 Å². The molecule has 1 aromatic heterocycles. The smallest absolute Gasteiger partial charge is 0.275 e. The Kier molecular flexibility index (Phi) is 4.46. The van der Waals surface area contributed by atoms with Gasteiger partial charge in [0.05, 0.1) is 16.8 Å². The van der Waals surface area contributed by atoms with E-state index >= 15 is 0 Å². The highest BCUT2D eigenvalue weighted by Crippen LogP contribution is 2.59. The number of nitrogens with one attached hydrogen (secondary N) is 2. The second-order valence-corrected chi connectivity index (χ2v) is 11.6. The Morgan fingerprint density at radius 2 is 1.86 bits per heavy atom. The lowest BCUT2D eigenvalue weighted by molar-refractivity contribution is -0.910. The van der Waals surface area contributed by atoms with Gasteiger partial charge < -0.3 is 10.2 Å². The summed E-state index contributed by atoms with van der Waals surface area (Å²) in [6.07, 6.45) is 10.8. The van der Waals surface area contributed by atoms with Crippen LogP contribution in [0.25, 0.3) is 10.2 Å². The number of thiazole rings is 1. The Morgan fingerprint density at radius 3 is 2.59 bits per heavy atom. The second kappa shape index (κ2) is 7.05. The monoisotopic (exact) mass is 410 g/mol. The van der Waals surface area contributed by atoms with E-state index in [1.54, 1.807) is 0 Å². The number of carbonyl (C=O) groups is 1. The quantitative estimate of drug-likeness (QED) is 0.794. The predicted molar refractivity (Wildman–Crippen MR) is 116 cm³/mol. The molecule has 2 heterocycles. The van der Waals surface area contributed by atoms with Crippen molar-refractivity contribution >= 4 is 27.5 Å². The molecule has 0 spiro atoms. The summed E-state index contributed by atoms with van der Waals surface area (Å²) in [4.78, 5) is 19.2. The highest BCUT2D eigenvalue weighted by Gasteiger charge is 2.50. The van der Waals surface area contributed by atoms with Crippen LogP contribution in [-0.4, -0.2) is 30.5 Å². The molecule has 5 fully saturated rings. The Balaban J connectivity index is 1.10. The van der Waals surface area contributed by atoms with Crippen LogP contribution in [0.5, 0.6) is 0 Å². The average Bonchev–Trinajstić information content (AvgIpc) is 3.31. The maximum Gasteiger partial charge on any atom is 0.275 e. The molecule has 1 amide bonds. The molecule has 5 aliphatic rings. The zero-order chi connectivity index (χ0) is 19.4. The summed E-state index contributed by atoms with van der Waals surface area (Å²) >= 11 is 1.81. The van der Waals surface area contributed by atoms with E-state index in [-0.39, 0.29) is 5.91 Å². The number of amides is 1. The van der Waals surface area contributed by atoms with Crippen molar-refractivity contribution in [3.05, 3.63) is 29.3 Å². The van der Waals surface area contributed by atoms with Gasteiger partial charge in [0.15, 0.2) is 11.6 Å². The number of rotatable bonds is 5. The Bertz CT molecular complexity index is 853. The molecule has 2 aromatic rings. The minimum atomic E-state index is 0.253. The van der Waals surface area contributed by atoms with Crippen molar-refractivity contribution < 1.29 is 9.69 Å². The Morgan fingerprint density at radius 1 is 1.14 bits per heavy atom. The van der Waals surface area contributed by atoms with Crippen LogP contribution in [0.4, 0.5) is 0 Å². The van der Waals surface area contributed by atoms with E-state index in [0.717, 1.165) is 42.8 Å². The van der Waals surface area contributed by atoms with Gasteiger partial charge in [-0.1, -0.05) is 12.1 Å². The first-order chi connectivity index (χ1) is 14.2. The lowest BCUT2D eigenvalue weighted by Crippen LogP contribution is -3.11. The first-order valence-corrected chi connectivity index (χ1v) is 12.4. The van der Waals surface area contributed by atoms with E-state index in [1.165, 1.54) is 59.6 Å². The molecule has 1 aliphatic heterocycles. The van der Waals surface area contributed by atoms with E-state index in [2.05, 4.69) is 29.6 Å². The van der Waals surface area contributed by atoms with Crippen LogP contribution in [-0.2, 0) is 4.79 Å². The molecule has 1 unspecified atom stereocenters. The molecule has 7 rings (SSSR count). The largest absolute Gasteiger partial charge is 0.351 e. The summed E-state index contributed by atoms with van der Waals surface area (Å²) in [5.74, 6) is 3.10. The fourth-order valence-electron chi connectivity index (χ4n) is 7.52. The lowest BCUT2D eigenvalue weighted by Gasteiger charge is -2.56. The van der Waals surface area contributed by atoms with Crippen molar-refractivity contribution in [3.63, 3.8) is 0 Å². The molecular formula is C24H32N3OS+. The van der Waals surface area contributed by atoms with Crippen molar-refractivity contribution in [2.75, 3.05) is 19.6 Å². The molecule has 4 nitrogen and oxygen atoms in total. The summed E-state index contributed by atoms with van der Waals surface area (Å²) in [7, 11) is 0. The molecule has 2 N–H and O–H groups in total. The van der Waals surface area contributed by atoms with Crippen molar-refractivity contribution in [2.45, 2.75) is 57.4 Å². The number of hydrogen-bond donors (Lipinski definition) is 2. The van der Waals surface area contributed by atoms with E-state index in [9.17, 15) is 4.79 Å². The summed E-state index contributed by atoms with van der Waals surface area (Å²) in [6, 6.07) is 8.79. The van der Waals surface area contributed by atoms with E-state index in [1.807, 2.05) is 11.3 Å². The maximum atomic E-state index is 12.9. The first-order valence-electron chi connectivity index (χ1n) is 11.6. The summed E-state index contributed by atoms with van der Waals surface area (Å²) in [5.41, 5.74) is 1.53. The third-order valence-electron chi connectivity index (χ3n) is 8.31. The number of hydrogen-bond acceptors (Lipinski definition) is 3. The highest BCUT2D eigenvalue weighted by atomic mass is 32.1. The molecule has 5 heteroatoms. The number of para-hydroxylation sites is 1. The molecule has 4 saturated carbocycles. The summed E-state index contributed by atoms with van der Waals surface area (Å²) < 4.78 is 1.26. The van der Waals surface area contributed by atoms with Gasteiger partial charge in [-0.05, 0) is 73.8 Å². The topological polar surface area (TPSA) is 46.4 Å². The van der Waals surface area contributed by atoms with Crippen molar-refractivity contribution in [1.29, 1.82) is 0 Å². The maximum absolute atomic E-state index is 12.9. The van der Waals surface area contributed by atoms with E-state index in [0.29, 0.717) is 18.0 Å². The van der Waals surface area contributed by atoms with Crippen molar-refractivity contribution in [1.82, 2.24) is 10.3 Å². The SMILES string of the molecule is O=C(C[NH+]1CCC[C@@H]1c1nc2ccccc2s1)NCC12CC3CC(CC(C3)C1)C2. The van der Waals surface area contributed by atoms with Crippen LogP contribution in [0.15, 0.2) is 24.3 Å². The summed E-state index contributed by atoms with van der Waals surface area (Å²) in [6.45, 7) is 2.62. The second-order valence-electron chi connectivity index (χ2n) is 10.5. The third-order valence-corrected chi connectivity index (χ3v) is 9.46. The predicted octanol–water partition coefficient (Wildman–Crippen LogP) is 3.35. The van der Waals surface area contributed by atoms with E-state index < -0.39 is 0 Å². The van der Waals surface area contributed by atoms with Gasteiger partial charge >= 0.3 is 0 Å². The van der Waals surface area contributed by atoms with Crippen LogP contribution in [0, 0.1) is 23.2 Å². The molecule has 1 aromatic carbocycles. The number of nitrogens with zero attached hydrogens (tertiary/aromatic N) is 1. The van der Waals surface area contributed by atoms with Crippen LogP contribution >= 0.6 is 11.3 Å². The third kappa shape index (κ3) is 3.40. The summed E-state index contributed by atoms with van der Waals surface area (Å²) in [5, 5.41) is 4.60. The number of benzene rings is 1. The molecule has 2 atom stereocenters. The number of aromatic nitrogens is 1. The van der Waals surface area contributed by atoms with Crippen LogP contribution < -0.4 is 10.2 Å². The van der Waals surface area contributed by atoms with Gasteiger partial charge in [-0.15, -0.1) is 11.3 Å². The van der Waals surface area contributed by atoms with Gasteiger partial charge in [-0.3, -0.25) is 4.79 Å². The van der Waals surface area contributed by atoms with Crippen LogP contribution in [0.2, 0.25) is 0 Å². The molecule has 29 heavy (non-hydrogen) atoms. The van der Waals surface area contributed by atoms with E-state index in [4.69, 9.17) is 4.98 Å². The number of carbonyl (C=O) groups excluding carboxylic acids is 1. The fourth-order valence-corrected chi connectivity index (χ4v) is 8.68. The van der Waals surface area contributed by atoms with Gasteiger partial charge in [0.25, 0.3) is 5.91 Å². The normalized spacial score (nSPS) is 38.0. The first kappa shape index (κ1) is 18.3. The van der Waals surface area contributed by atoms with Gasteiger partial charge in [0.2, 0.25) is 0 Å². The van der Waals surface area contributed by atoms with Crippen molar-refractivity contribution in [2.24, 2.45) is 23.2 Å². The number of fused-ring (bicyclic) bond motifs is 1. The zero-order valence-corrected chi connectivity index (χ0v) is 18.0. The molecular weight excluding hydrogens is 378 g/mol. The van der Waals surface area contributed by atoms with Crippen molar-refractivity contribution in [3.8, 4) is 0 Å². The highest BCUT2D eigenvalue weighted by molar-refractivity contribution is 7.18. The molecule has 4 aliphatic carbocycles. The number of likely N-dealkylation sites (tertiary alicyclic amines) is 1. The minimum absolute atomic E-state index is 0.253. The fraction of sp³-hybridized carbons (Fsp3) is 0.667. The zero-order valence-electron chi connectivity index (χ0n) is 17.2. The number of quaternary nitrogens is 1. The average molecular weight is 411 g/mol. The van der Waals surface area contributed by atoms with Gasteiger partial charge in [-0.2, -0.15) is 0 Å². The molecule has 154 valence electrons. The lowest BCUT2D eigenvalue weighted by atomic mass is 9.49. The molecule has 0 radical (unpaired) electrons. The minimum Gasteiger partial charge on any atom is -0.351 e. The standard InChI is InChI=1S/C24H31N3OS/c28-22(25-15-24-11-16-8-17(12-24)10-18(9-16)13-24)14-27-7-3-5-20(27)23-26-19-4-1-2-6-21(19)29-23/h1-2,4,6,16-18,20H,3,5,7-15H2,(H,25,28)/p+1/t16?,17?,18?,20-,24?/m1/s1. The van der Waals surface area contributed by atoms with Crippen LogP contribution in [0.1, 0.15) is 62.4 Å². The Hall–Kier alpha value is -1.46. The molecule has 4 bridgehead atoms.